The molecule has 0 aliphatic heterocycles. The highest BCUT2D eigenvalue weighted by molar-refractivity contribution is 7.14. The van der Waals surface area contributed by atoms with Gasteiger partial charge in [-0.25, -0.2) is 9.78 Å². The Morgan fingerprint density at radius 2 is 2.33 bits per heavy atom. The van der Waals surface area contributed by atoms with Gasteiger partial charge in [0.25, 0.3) is 0 Å². The van der Waals surface area contributed by atoms with E-state index in [9.17, 15) is 8.32 Å². The first-order chi connectivity index (χ1) is 8.56. The van der Waals surface area contributed by atoms with Crippen molar-refractivity contribution in [3.63, 3.8) is 0 Å². The van der Waals surface area contributed by atoms with E-state index >= 15 is 0 Å². The molecular weight excluding hydrogens is 270 g/mol. The number of halogens is 1. The second kappa shape index (κ2) is 5.48. The number of aromatic carboxylic acids is 1. The predicted octanol–water partition coefficient (Wildman–Crippen LogP) is 3.01. The van der Waals surface area contributed by atoms with Crippen LogP contribution in [0.2, 0.25) is 5.79 Å². The molecule has 92 valence electrons. The third kappa shape index (κ3) is 3.07. The second-order valence-electron chi connectivity index (χ2n) is 3.68. The largest absolute Gasteiger partial charge is 0.661 e. The molecule has 0 fully saturated rings. The molecule has 1 aromatic carbocycles. The summed E-state index contributed by atoms with van der Waals surface area (Å²) in [6, 6.07) is 6.52. The molecule has 0 spiro atoms. The number of anilines is 1. The fourth-order valence-corrected chi connectivity index (χ4v) is 3.18. The Balaban J connectivity index is 2.28. The van der Waals surface area contributed by atoms with Gasteiger partial charge in [0.05, 0.1) is 11.3 Å². The summed E-state index contributed by atoms with van der Waals surface area (Å²) in [6.07, 6.45) is 0. The van der Waals surface area contributed by atoms with Gasteiger partial charge >= 0.3 is 20.8 Å². The first-order valence-corrected chi connectivity index (χ1v) is 8.31. The van der Waals surface area contributed by atoms with Gasteiger partial charge in [0, 0.05) is 10.9 Å². The van der Waals surface area contributed by atoms with Crippen LogP contribution in [-0.2, 0) is 0 Å². The minimum Gasteiger partial charge on any atom is -0.478 e. The molecule has 2 aromatic rings. The van der Waals surface area contributed by atoms with Crippen molar-refractivity contribution in [3.05, 3.63) is 35.2 Å². The van der Waals surface area contributed by atoms with Gasteiger partial charge in [-0.1, -0.05) is 17.9 Å². The summed E-state index contributed by atoms with van der Waals surface area (Å²) in [7, 11) is 0. The quantitative estimate of drug-likeness (QED) is 0.845. The van der Waals surface area contributed by atoms with Gasteiger partial charge in [-0.15, -0.1) is 11.3 Å². The Morgan fingerprint density at radius 1 is 1.56 bits per heavy atom. The molecule has 18 heavy (non-hydrogen) atoms. The third-order valence-corrected chi connectivity index (χ3v) is 3.89. The second-order valence-corrected chi connectivity index (χ2v) is 6.06. The van der Waals surface area contributed by atoms with Gasteiger partial charge in [-0.05, 0) is 12.1 Å². The minimum absolute atomic E-state index is 0.211. The van der Waals surface area contributed by atoms with E-state index in [0.29, 0.717) is 16.4 Å². The topological polar surface area (TPSA) is 62.2 Å². The highest BCUT2D eigenvalue weighted by Gasteiger charge is 2.14. The Morgan fingerprint density at radius 3 is 3.00 bits per heavy atom. The molecule has 0 aliphatic carbocycles. The molecule has 0 atom stereocenters. The van der Waals surface area contributed by atoms with E-state index in [2.05, 4.69) is 9.28 Å². The number of nitrogens with one attached hydrogen (secondary N) is 1. The van der Waals surface area contributed by atoms with Gasteiger partial charge in [0.2, 0.25) is 0 Å². The maximum absolute atomic E-state index is 12.9. The average Bonchev–Trinajstić information content (AvgIpc) is 2.77. The summed E-state index contributed by atoms with van der Waals surface area (Å²) < 4.78 is 15.6. The number of carboxylic acid groups (broad SMARTS) is 1. The van der Waals surface area contributed by atoms with Gasteiger partial charge < -0.3 is 12.9 Å². The molecule has 0 radical (unpaired) electrons. The molecule has 0 bridgehead atoms. The third-order valence-electron chi connectivity index (χ3n) is 2.23. The average molecular weight is 280 g/mol. The molecule has 0 saturated heterocycles. The Hall–Kier alpha value is -1.42. The molecule has 2 rings (SSSR count). The monoisotopic (exact) mass is 280 g/mol. The van der Waals surface area contributed by atoms with Crippen molar-refractivity contribution in [2.24, 2.45) is 0 Å². The lowest BCUT2D eigenvalue weighted by Gasteiger charge is -1.99. The van der Waals surface area contributed by atoms with Crippen molar-refractivity contribution in [2.45, 2.75) is 5.79 Å². The normalized spacial score (nSPS) is 10.1. The van der Waals surface area contributed by atoms with Crippen LogP contribution in [0, 0.1) is 0 Å². The molecule has 4 nitrogen and oxygen atoms in total. The number of carbonyl (C=O) groups is 1. The molecule has 0 aliphatic rings. The predicted molar refractivity (Wildman–Crippen MR) is 70.9 cm³/mol. The van der Waals surface area contributed by atoms with E-state index in [1.165, 1.54) is 23.2 Å². The SMILES string of the molecule is [CH3][Al]([F])[NH]c1nc(-c2cccc(C(=O)O)c2)cs1. The Bertz CT molecular complexity index is 574. The zero-order valence-corrected chi connectivity index (χ0v) is 11.5. The highest BCUT2D eigenvalue weighted by atomic mass is 32.1. The van der Waals surface area contributed by atoms with Crippen molar-refractivity contribution in [3.8, 4) is 11.3 Å². The Kier molecular flexibility index (Phi) is 3.97. The molecular formula is C11H10AlFN2O2S. The first-order valence-electron chi connectivity index (χ1n) is 5.26. The lowest BCUT2D eigenvalue weighted by Crippen LogP contribution is -2.13. The van der Waals surface area contributed by atoms with Gasteiger partial charge in [-0.2, -0.15) is 0 Å². The Labute approximate surface area is 112 Å². The van der Waals surface area contributed by atoms with E-state index in [1.807, 2.05) is 0 Å². The molecule has 1 aromatic heterocycles. The van der Waals surface area contributed by atoms with Gasteiger partial charge in [0.15, 0.2) is 5.13 Å². The van der Waals surface area contributed by atoms with Crippen LogP contribution in [0.25, 0.3) is 11.3 Å². The number of benzene rings is 1. The van der Waals surface area contributed by atoms with E-state index in [1.54, 1.807) is 23.6 Å². The van der Waals surface area contributed by atoms with E-state index in [0.717, 1.165) is 0 Å². The van der Waals surface area contributed by atoms with Crippen LogP contribution in [0.3, 0.4) is 0 Å². The molecule has 0 saturated carbocycles. The summed E-state index contributed by atoms with van der Waals surface area (Å²) >= 11 is -1.09. The van der Waals surface area contributed by atoms with Crippen LogP contribution in [0.15, 0.2) is 29.6 Å². The number of hydrogen-bond donors (Lipinski definition) is 2. The minimum atomic E-state index is -2.40. The number of rotatable bonds is 4. The van der Waals surface area contributed by atoms with Crippen LogP contribution in [0.5, 0.6) is 0 Å². The zero-order valence-electron chi connectivity index (χ0n) is 9.55. The maximum Gasteiger partial charge on any atom is 0.661 e. The zero-order chi connectivity index (χ0) is 13.1. The number of thiazole rings is 1. The number of aromatic nitrogens is 1. The number of carboxylic acids is 1. The first kappa shape index (κ1) is 13.0. The smallest absolute Gasteiger partial charge is 0.478 e. The summed E-state index contributed by atoms with van der Waals surface area (Å²) in [6.45, 7) is 0. The van der Waals surface area contributed by atoms with Crippen LogP contribution in [0.4, 0.5) is 8.66 Å². The molecule has 2 N–H and O–H groups in total. The summed E-state index contributed by atoms with van der Waals surface area (Å²) in [5.41, 5.74) is 1.58. The van der Waals surface area contributed by atoms with Crippen LogP contribution in [0.1, 0.15) is 10.4 Å². The van der Waals surface area contributed by atoms with Crippen LogP contribution < -0.4 is 4.30 Å². The van der Waals surface area contributed by atoms with Crippen molar-refractivity contribution in [1.82, 2.24) is 4.98 Å². The lowest BCUT2D eigenvalue weighted by molar-refractivity contribution is 0.0697. The van der Waals surface area contributed by atoms with Crippen molar-refractivity contribution in [1.29, 1.82) is 0 Å². The summed E-state index contributed by atoms with van der Waals surface area (Å²) in [4.78, 5) is 15.1. The van der Waals surface area contributed by atoms with Crippen molar-refractivity contribution >= 4 is 37.3 Å². The van der Waals surface area contributed by atoms with Crippen molar-refractivity contribution in [2.75, 3.05) is 4.30 Å². The molecule has 0 unspecified atom stereocenters. The standard InChI is InChI=1S/C10H8N2O2S.CH3.Al.FH/c11-10-12-8(5-15-10)6-2-1-3-7(4-6)9(13)14;;;/h1-5H,(H3,11,12,13,14);1H3;;1H/q;;+2;/p-2. The van der Waals surface area contributed by atoms with Gasteiger partial charge in [0.1, 0.15) is 0 Å². The number of hydrogen-bond acceptors (Lipinski definition) is 4. The molecule has 7 heteroatoms. The van der Waals surface area contributed by atoms with Crippen LogP contribution in [-0.4, -0.2) is 30.9 Å². The maximum atomic E-state index is 12.9. The summed E-state index contributed by atoms with van der Waals surface area (Å²) in [5, 5.41) is 11.2. The fraction of sp³-hybridized carbons (Fsp3) is 0.0909. The molecule has 1 heterocycles. The number of nitrogens with zero attached hydrogens (tertiary/aromatic N) is 1. The van der Waals surface area contributed by atoms with Gasteiger partial charge in [-0.3, -0.25) is 0 Å². The molecule has 0 amide bonds. The fourth-order valence-electron chi connectivity index (χ4n) is 1.45. The lowest BCUT2D eigenvalue weighted by atomic mass is 10.1. The van der Waals surface area contributed by atoms with E-state index in [-0.39, 0.29) is 5.56 Å². The highest BCUT2D eigenvalue weighted by Crippen LogP contribution is 2.25. The summed E-state index contributed by atoms with van der Waals surface area (Å²) in [5.74, 6) is 0.543. The van der Waals surface area contributed by atoms with E-state index < -0.39 is 20.8 Å². The van der Waals surface area contributed by atoms with E-state index in [4.69, 9.17) is 5.11 Å². The van der Waals surface area contributed by atoms with Crippen LogP contribution >= 0.6 is 11.3 Å². The van der Waals surface area contributed by atoms with Crippen molar-refractivity contribution < 1.29 is 13.4 Å².